The van der Waals surface area contributed by atoms with Gasteiger partial charge in [-0.05, 0) is 40.9 Å². The van der Waals surface area contributed by atoms with Crippen molar-refractivity contribution in [3.8, 4) is 5.75 Å². The maximum absolute atomic E-state index is 9.77. The summed E-state index contributed by atoms with van der Waals surface area (Å²) in [6, 6.07) is 3.34. The van der Waals surface area contributed by atoms with Crippen molar-refractivity contribution < 1.29 is 10.2 Å². The van der Waals surface area contributed by atoms with E-state index in [1.807, 2.05) is 13.0 Å². The van der Waals surface area contributed by atoms with Gasteiger partial charge >= 0.3 is 0 Å². The molecule has 1 rings (SSSR count). The molecule has 14 heavy (non-hydrogen) atoms. The second kappa shape index (κ2) is 4.77. The molecular formula is C10H14BrNO2. The van der Waals surface area contributed by atoms with Gasteiger partial charge in [0.2, 0.25) is 0 Å². The SMILES string of the molecule is Cc1ccc(Br)c(O)c1C(N)CCO. The first-order valence-corrected chi connectivity index (χ1v) is 5.21. The third-order valence-electron chi connectivity index (χ3n) is 2.20. The molecule has 0 bridgehead atoms. The normalized spacial score (nSPS) is 12.9. The largest absolute Gasteiger partial charge is 0.506 e. The van der Waals surface area contributed by atoms with Crippen LogP contribution in [0.5, 0.6) is 5.75 Å². The standard InChI is InChI=1S/C10H14BrNO2/c1-6-2-3-7(11)10(14)9(6)8(12)4-5-13/h2-3,8,13-14H,4-5,12H2,1H3. The number of hydrogen-bond donors (Lipinski definition) is 3. The van der Waals surface area contributed by atoms with Crippen LogP contribution in [0.15, 0.2) is 16.6 Å². The van der Waals surface area contributed by atoms with E-state index < -0.39 is 0 Å². The molecule has 1 unspecified atom stereocenters. The molecule has 0 heterocycles. The summed E-state index contributed by atoms with van der Waals surface area (Å²) in [5.74, 6) is 0.172. The molecule has 0 aliphatic heterocycles. The van der Waals surface area contributed by atoms with Gasteiger partial charge in [-0.15, -0.1) is 0 Å². The van der Waals surface area contributed by atoms with Crippen molar-refractivity contribution in [1.82, 2.24) is 0 Å². The van der Waals surface area contributed by atoms with E-state index in [-0.39, 0.29) is 18.4 Å². The lowest BCUT2D eigenvalue weighted by atomic mass is 9.99. The number of hydrogen-bond acceptors (Lipinski definition) is 3. The molecule has 1 atom stereocenters. The van der Waals surface area contributed by atoms with Gasteiger partial charge in [0, 0.05) is 18.2 Å². The Labute approximate surface area is 91.7 Å². The summed E-state index contributed by atoms with van der Waals surface area (Å²) >= 11 is 3.23. The number of nitrogens with two attached hydrogens (primary N) is 1. The number of rotatable bonds is 3. The Morgan fingerprint density at radius 1 is 1.50 bits per heavy atom. The van der Waals surface area contributed by atoms with Crippen LogP contribution in [-0.2, 0) is 0 Å². The minimum absolute atomic E-state index is 0.0204. The van der Waals surface area contributed by atoms with Gasteiger partial charge in [-0.1, -0.05) is 6.07 Å². The Morgan fingerprint density at radius 2 is 2.14 bits per heavy atom. The van der Waals surface area contributed by atoms with Gasteiger partial charge in [0.05, 0.1) is 4.47 Å². The van der Waals surface area contributed by atoms with E-state index in [9.17, 15) is 5.11 Å². The van der Waals surface area contributed by atoms with E-state index in [1.165, 1.54) is 0 Å². The predicted octanol–water partition coefficient (Wildman–Crippen LogP) is 1.85. The van der Waals surface area contributed by atoms with Crippen LogP contribution in [0.3, 0.4) is 0 Å². The maximum Gasteiger partial charge on any atom is 0.134 e. The molecule has 0 aliphatic carbocycles. The molecule has 0 aromatic heterocycles. The van der Waals surface area contributed by atoms with Gasteiger partial charge < -0.3 is 15.9 Å². The van der Waals surface area contributed by atoms with E-state index >= 15 is 0 Å². The van der Waals surface area contributed by atoms with Crippen LogP contribution in [0.4, 0.5) is 0 Å². The molecule has 0 radical (unpaired) electrons. The highest BCUT2D eigenvalue weighted by atomic mass is 79.9. The van der Waals surface area contributed by atoms with Crippen molar-refractivity contribution >= 4 is 15.9 Å². The second-order valence-corrected chi connectivity index (χ2v) is 4.10. The average molecular weight is 260 g/mol. The summed E-state index contributed by atoms with van der Waals surface area (Å²) in [5, 5.41) is 18.5. The van der Waals surface area contributed by atoms with Gasteiger partial charge in [0.25, 0.3) is 0 Å². The van der Waals surface area contributed by atoms with Crippen molar-refractivity contribution in [2.24, 2.45) is 5.73 Å². The quantitative estimate of drug-likeness (QED) is 0.776. The van der Waals surface area contributed by atoms with Crippen LogP contribution < -0.4 is 5.73 Å². The fourth-order valence-electron chi connectivity index (χ4n) is 1.43. The summed E-state index contributed by atoms with van der Waals surface area (Å²) < 4.78 is 0.631. The van der Waals surface area contributed by atoms with Crippen LogP contribution in [0.1, 0.15) is 23.6 Å². The fourth-order valence-corrected chi connectivity index (χ4v) is 1.78. The molecule has 0 saturated heterocycles. The van der Waals surface area contributed by atoms with E-state index in [2.05, 4.69) is 15.9 Å². The van der Waals surface area contributed by atoms with Crippen LogP contribution in [0.2, 0.25) is 0 Å². The summed E-state index contributed by atoms with van der Waals surface area (Å²) in [6.07, 6.45) is 0.449. The van der Waals surface area contributed by atoms with Crippen molar-refractivity contribution in [2.75, 3.05) is 6.61 Å². The Balaban J connectivity index is 3.11. The first kappa shape index (κ1) is 11.5. The number of benzene rings is 1. The number of halogens is 1. The zero-order valence-corrected chi connectivity index (χ0v) is 9.58. The number of aliphatic hydroxyl groups is 1. The predicted molar refractivity (Wildman–Crippen MR) is 59.2 cm³/mol. The third kappa shape index (κ3) is 2.26. The zero-order valence-electron chi connectivity index (χ0n) is 8.00. The van der Waals surface area contributed by atoms with Crippen molar-refractivity contribution in [2.45, 2.75) is 19.4 Å². The van der Waals surface area contributed by atoms with Gasteiger partial charge in [-0.3, -0.25) is 0 Å². The lowest BCUT2D eigenvalue weighted by molar-refractivity contribution is 0.275. The highest BCUT2D eigenvalue weighted by molar-refractivity contribution is 9.10. The molecule has 1 aromatic carbocycles. The number of aliphatic hydroxyl groups excluding tert-OH is 1. The van der Waals surface area contributed by atoms with Crippen LogP contribution in [0.25, 0.3) is 0 Å². The van der Waals surface area contributed by atoms with Gasteiger partial charge in [-0.2, -0.15) is 0 Å². The molecule has 0 aliphatic rings. The van der Waals surface area contributed by atoms with Crippen molar-refractivity contribution in [1.29, 1.82) is 0 Å². The maximum atomic E-state index is 9.77. The summed E-state index contributed by atoms with van der Waals surface area (Å²) in [5.41, 5.74) is 7.47. The van der Waals surface area contributed by atoms with Gasteiger partial charge in [-0.25, -0.2) is 0 Å². The molecule has 4 N–H and O–H groups in total. The zero-order chi connectivity index (χ0) is 10.7. The van der Waals surface area contributed by atoms with E-state index in [1.54, 1.807) is 6.07 Å². The molecule has 3 nitrogen and oxygen atoms in total. The van der Waals surface area contributed by atoms with Crippen LogP contribution in [-0.4, -0.2) is 16.8 Å². The topological polar surface area (TPSA) is 66.5 Å². The molecule has 0 amide bonds. The number of aryl methyl sites for hydroxylation is 1. The molecule has 0 fully saturated rings. The Kier molecular flexibility index (Phi) is 3.92. The van der Waals surface area contributed by atoms with Crippen LogP contribution in [0, 0.1) is 6.92 Å². The summed E-state index contributed by atoms with van der Waals surface area (Å²) in [7, 11) is 0. The third-order valence-corrected chi connectivity index (χ3v) is 2.84. The molecule has 78 valence electrons. The lowest BCUT2D eigenvalue weighted by Gasteiger charge is -2.16. The molecule has 0 saturated carbocycles. The second-order valence-electron chi connectivity index (χ2n) is 3.25. The highest BCUT2D eigenvalue weighted by Gasteiger charge is 2.15. The molecule has 4 heteroatoms. The Hall–Kier alpha value is -0.580. The highest BCUT2D eigenvalue weighted by Crippen LogP contribution is 2.34. The smallest absolute Gasteiger partial charge is 0.134 e. The van der Waals surface area contributed by atoms with Crippen LogP contribution >= 0.6 is 15.9 Å². The Bertz CT molecular complexity index is 328. The minimum atomic E-state index is -0.322. The Morgan fingerprint density at radius 3 is 2.71 bits per heavy atom. The molecule has 0 spiro atoms. The number of phenols is 1. The van der Waals surface area contributed by atoms with Gasteiger partial charge in [0.15, 0.2) is 0 Å². The minimum Gasteiger partial charge on any atom is -0.506 e. The number of phenolic OH excluding ortho intramolecular Hbond substituents is 1. The van der Waals surface area contributed by atoms with Crippen molar-refractivity contribution in [3.63, 3.8) is 0 Å². The summed E-state index contributed by atoms with van der Waals surface area (Å²) in [4.78, 5) is 0. The van der Waals surface area contributed by atoms with E-state index in [0.29, 0.717) is 16.5 Å². The fraction of sp³-hybridized carbons (Fsp3) is 0.400. The van der Waals surface area contributed by atoms with E-state index in [0.717, 1.165) is 5.56 Å². The van der Waals surface area contributed by atoms with Crippen molar-refractivity contribution in [3.05, 3.63) is 27.7 Å². The lowest BCUT2D eigenvalue weighted by Crippen LogP contribution is -2.13. The van der Waals surface area contributed by atoms with E-state index in [4.69, 9.17) is 10.8 Å². The number of aromatic hydroxyl groups is 1. The molecular weight excluding hydrogens is 246 g/mol. The monoisotopic (exact) mass is 259 g/mol. The first-order valence-electron chi connectivity index (χ1n) is 4.42. The van der Waals surface area contributed by atoms with Gasteiger partial charge in [0.1, 0.15) is 5.75 Å². The molecule has 1 aromatic rings. The summed E-state index contributed by atoms with van der Waals surface area (Å²) in [6.45, 7) is 1.91. The first-order chi connectivity index (χ1) is 6.57. The average Bonchev–Trinajstić information content (AvgIpc) is 2.13.